The summed E-state index contributed by atoms with van der Waals surface area (Å²) in [5, 5.41) is 11.4. The van der Waals surface area contributed by atoms with Gasteiger partial charge < -0.3 is 0 Å². The summed E-state index contributed by atoms with van der Waals surface area (Å²) in [5.74, 6) is -0.504. The Balaban J connectivity index is 1.84. The number of halogens is 1. The number of non-ortho nitro benzene ring substituents is 1. The molecular weight excluding hydrogens is 377 g/mol. The SMILES string of the molecule is CN1OC[C@H](S(=O)(=O)NCc2ccccc2F)[C@H]1c1cccc([N+](=O)[O-])c1. The molecule has 0 aromatic heterocycles. The van der Waals surface area contributed by atoms with Crippen molar-refractivity contribution in [3.8, 4) is 0 Å². The molecule has 10 heteroatoms. The van der Waals surface area contributed by atoms with E-state index >= 15 is 0 Å². The monoisotopic (exact) mass is 395 g/mol. The summed E-state index contributed by atoms with van der Waals surface area (Å²) in [6.45, 7) is -0.312. The van der Waals surface area contributed by atoms with Gasteiger partial charge in [0.25, 0.3) is 5.69 Å². The molecule has 0 saturated carbocycles. The third kappa shape index (κ3) is 4.14. The first-order valence-corrected chi connectivity index (χ1v) is 9.66. The summed E-state index contributed by atoms with van der Waals surface area (Å²) in [7, 11) is -2.33. The minimum Gasteiger partial charge on any atom is -0.297 e. The van der Waals surface area contributed by atoms with Crippen molar-refractivity contribution in [2.45, 2.75) is 17.8 Å². The largest absolute Gasteiger partial charge is 0.297 e. The van der Waals surface area contributed by atoms with Crippen molar-refractivity contribution in [1.82, 2.24) is 9.79 Å². The first-order valence-electron chi connectivity index (χ1n) is 8.11. The number of sulfonamides is 1. The molecule has 144 valence electrons. The second-order valence-electron chi connectivity index (χ2n) is 6.13. The molecule has 1 saturated heterocycles. The smallest absolute Gasteiger partial charge is 0.269 e. The second-order valence-corrected chi connectivity index (χ2v) is 8.12. The zero-order valence-corrected chi connectivity index (χ0v) is 15.2. The maximum absolute atomic E-state index is 13.7. The summed E-state index contributed by atoms with van der Waals surface area (Å²) in [6.07, 6.45) is 0. The molecule has 0 bridgehead atoms. The van der Waals surface area contributed by atoms with Crippen LogP contribution in [0, 0.1) is 15.9 Å². The van der Waals surface area contributed by atoms with E-state index in [0.29, 0.717) is 5.56 Å². The van der Waals surface area contributed by atoms with Crippen molar-refractivity contribution in [2.75, 3.05) is 13.7 Å². The molecule has 1 fully saturated rings. The minimum absolute atomic E-state index is 0.115. The third-order valence-corrected chi connectivity index (χ3v) is 6.17. The molecule has 0 aliphatic carbocycles. The van der Waals surface area contributed by atoms with Gasteiger partial charge in [0.15, 0.2) is 0 Å². The average Bonchev–Trinajstić information content (AvgIpc) is 3.03. The Morgan fingerprint density at radius 1 is 1.30 bits per heavy atom. The van der Waals surface area contributed by atoms with E-state index in [1.54, 1.807) is 19.2 Å². The molecule has 3 rings (SSSR count). The van der Waals surface area contributed by atoms with Crippen LogP contribution in [0.3, 0.4) is 0 Å². The fraction of sp³-hybridized carbons (Fsp3) is 0.294. The molecule has 2 aromatic carbocycles. The van der Waals surface area contributed by atoms with E-state index in [1.807, 2.05) is 0 Å². The third-order valence-electron chi connectivity index (χ3n) is 4.43. The van der Waals surface area contributed by atoms with Crippen molar-refractivity contribution < 1.29 is 22.6 Å². The first-order chi connectivity index (χ1) is 12.8. The topological polar surface area (TPSA) is 102 Å². The lowest BCUT2D eigenvalue weighted by Crippen LogP contribution is -2.39. The minimum atomic E-state index is -3.89. The zero-order valence-electron chi connectivity index (χ0n) is 14.4. The fourth-order valence-corrected chi connectivity index (χ4v) is 4.51. The summed E-state index contributed by atoms with van der Waals surface area (Å²) < 4.78 is 41.7. The Labute approximate surface area is 155 Å². The second kappa shape index (κ2) is 7.69. The van der Waals surface area contributed by atoms with E-state index in [0.717, 1.165) is 0 Å². The van der Waals surface area contributed by atoms with Gasteiger partial charge in [-0.1, -0.05) is 30.3 Å². The highest BCUT2D eigenvalue weighted by atomic mass is 32.2. The number of nitrogens with zero attached hydrogens (tertiary/aromatic N) is 2. The quantitative estimate of drug-likeness (QED) is 0.594. The lowest BCUT2D eigenvalue weighted by Gasteiger charge is -2.23. The number of benzene rings is 2. The van der Waals surface area contributed by atoms with Gasteiger partial charge in [-0.2, -0.15) is 5.06 Å². The summed E-state index contributed by atoms with van der Waals surface area (Å²) in [4.78, 5) is 15.8. The average molecular weight is 395 g/mol. The molecule has 0 amide bonds. The number of hydrogen-bond donors (Lipinski definition) is 1. The van der Waals surface area contributed by atoms with Gasteiger partial charge in [0.05, 0.1) is 17.6 Å². The molecule has 1 aliphatic rings. The molecule has 2 atom stereocenters. The van der Waals surface area contributed by atoms with Crippen molar-refractivity contribution in [1.29, 1.82) is 0 Å². The van der Waals surface area contributed by atoms with Gasteiger partial charge in [-0.25, -0.2) is 17.5 Å². The Kier molecular flexibility index (Phi) is 5.51. The van der Waals surface area contributed by atoms with E-state index in [-0.39, 0.29) is 24.4 Å². The Bertz CT molecular complexity index is 953. The van der Waals surface area contributed by atoms with Gasteiger partial charge >= 0.3 is 0 Å². The fourth-order valence-electron chi connectivity index (χ4n) is 3.03. The van der Waals surface area contributed by atoms with Crippen LogP contribution >= 0.6 is 0 Å². The summed E-state index contributed by atoms with van der Waals surface area (Å²) >= 11 is 0. The predicted octanol–water partition coefficient (Wildman–Crippen LogP) is 2.14. The van der Waals surface area contributed by atoms with Crippen LogP contribution in [0.4, 0.5) is 10.1 Å². The van der Waals surface area contributed by atoms with Crippen LogP contribution in [0.5, 0.6) is 0 Å². The van der Waals surface area contributed by atoms with Crippen LogP contribution in [0.25, 0.3) is 0 Å². The molecule has 0 radical (unpaired) electrons. The molecule has 2 aromatic rings. The number of nitro groups is 1. The first kappa shape index (κ1) is 19.4. The molecule has 27 heavy (non-hydrogen) atoms. The maximum atomic E-state index is 13.7. The van der Waals surface area contributed by atoms with Crippen molar-refractivity contribution in [3.63, 3.8) is 0 Å². The molecule has 1 aliphatic heterocycles. The van der Waals surface area contributed by atoms with Gasteiger partial charge in [0, 0.05) is 31.3 Å². The summed E-state index contributed by atoms with van der Waals surface area (Å²) in [6, 6.07) is 10.9. The Morgan fingerprint density at radius 2 is 2.04 bits per heavy atom. The number of rotatable bonds is 6. The van der Waals surface area contributed by atoms with Crippen LogP contribution in [-0.2, 0) is 21.4 Å². The van der Waals surface area contributed by atoms with Crippen LogP contribution in [0.2, 0.25) is 0 Å². The molecule has 0 unspecified atom stereocenters. The van der Waals surface area contributed by atoms with Gasteiger partial charge in [-0.05, 0) is 11.6 Å². The van der Waals surface area contributed by atoms with Crippen molar-refractivity contribution in [3.05, 3.63) is 75.6 Å². The van der Waals surface area contributed by atoms with Crippen LogP contribution in [0.1, 0.15) is 17.2 Å². The Hall–Kier alpha value is -2.40. The lowest BCUT2D eigenvalue weighted by molar-refractivity contribution is -0.385. The van der Waals surface area contributed by atoms with E-state index in [2.05, 4.69) is 4.72 Å². The van der Waals surface area contributed by atoms with Gasteiger partial charge in [-0.3, -0.25) is 15.0 Å². The van der Waals surface area contributed by atoms with Crippen LogP contribution in [-0.4, -0.2) is 37.3 Å². The standard InChI is InChI=1S/C17H18FN3O5S/c1-20-17(12-6-4-7-14(9-12)21(22)23)16(11-26-20)27(24,25)19-10-13-5-2-3-8-15(13)18/h2-9,16-17,19H,10-11H2,1H3/t16-,17+/m0/s1. The molecule has 1 heterocycles. The highest BCUT2D eigenvalue weighted by molar-refractivity contribution is 7.90. The normalized spacial score (nSPS) is 20.7. The van der Waals surface area contributed by atoms with Crippen LogP contribution in [0.15, 0.2) is 48.5 Å². The van der Waals surface area contributed by atoms with E-state index in [1.165, 1.54) is 41.5 Å². The van der Waals surface area contributed by atoms with E-state index in [9.17, 15) is 22.9 Å². The van der Waals surface area contributed by atoms with Crippen molar-refractivity contribution >= 4 is 15.7 Å². The lowest BCUT2D eigenvalue weighted by atomic mass is 10.0. The number of hydroxylamine groups is 2. The van der Waals surface area contributed by atoms with Crippen molar-refractivity contribution in [2.24, 2.45) is 0 Å². The van der Waals surface area contributed by atoms with Crippen LogP contribution < -0.4 is 4.72 Å². The van der Waals surface area contributed by atoms with E-state index < -0.39 is 32.1 Å². The highest BCUT2D eigenvalue weighted by Crippen LogP contribution is 2.34. The number of nitrogens with one attached hydrogen (secondary N) is 1. The zero-order chi connectivity index (χ0) is 19.6. The van der Waals surface area contributed by atoms with Gasteiger partial charge in [0.1, 0.15) is 11.1 Å². The van der Waals surface area contributed by atoms with E-state index in [4.69, 9.17) is 4.84 Å². The van der Waals surface area contributed by atoms with Gasteiger partial charge in [0.2, 0.25) is 10.0 Å². The molecular formula is C17H18FN3O5S. The molecule has 0 spiro atoms. The Morgan fingerprint density at radius 3 is 2.74 bits per heavy atom. The molecule has 1 N–H and O–H groups in total. The van der Waals surface area contributed by atoms with Gasteiger partial charge in [-0.15, -0.1) is 0 Å². The predicted molar refractivity (Wildman–Crippen MR) is 95.5 cm³/mol. The number of nitro benzene ring substituents is 1. The maximum Gasteiger partial charge on any atom is 0.269 e. The number of hydrogen-bond acceptors (Lipinski definition) is 6. The summed E-state index contributed by atoms with van der Waals surface area (Å²) in [5.41, 5.74) is 0.536. The molecule has 8 nitrogen and oxygen atoms in total. The highest BCUT2D eigenvalue weighted by Gasteiger charge is 2.43.